The Morgan fingerprint density at radius 1 is 1.25 bits per heavy atom. The first kappa shape index (κ1) is 28.1. The van der Waals surface area contributed by atoms with Gasteiger partial charge in [0.1, 0.15) is 5.60 Å². The van der Waals surface area contributed by atoms with E-state index in [-0.39, 0.29) is 18.6 Å². The average Bonchev–Trinajstić information content (AvgIpc) is 2.62. The van der Waals surface area contributed by atoms with Gasteiger partial charge in [0.25, 0.3) is 0 Å². The third-order valence-electron chi connectivity index (χ3n) is 5.04. The van der Waals surface area contributed by atoms with Crippen molar-refractivity contribution in [2.45, 2.75) is 76.6 Å². The maximum Gasteiger partial charge on any atom is 0.431 e. The van der Waals surface area contributed by atoms with Crippen molar-refractivity contribution in [1.29, 1.82) is 0 Å². The van der Waals surface area contributed by atoms with Gasteiger partial charge in [-0.25, -0.2) is 4.79 Å². The molecule has 0 radical (unpaired) electrons. The molecule has 0 amide bonds. The van der Waals surface area contributed by atoms with E-state index in [9.17, 15) is 35.6 Å². The van der Waals surface area contributed by atoms with Gasteiger partial charge in [0.2, 0.25) is 0 Å². The van der Waals surface area contributed by atoms with Crippen molar-refractivity contribution in [3.05, 3.63) is 23.8 Å². The van der Waals surface area contributed by atoms with Crippen LogP contribution in [0.5, 0.6) is 0 Å². The number of rotatable bonds is 10. The molecule has 1 aliphatic carbocycles. The second kappa shape index (κ2) is 9.50. The molecule has 0 bridgehead atoms. The van der Waals surface area contributed by atoms with E-state index in [1.54, 1.807) is 19.9 Å². The fraction of sp³-hybridized carbons (Fsp3) is 0.700. The largest absolute Gasteiger partial charge is 0.465 e. The molecule has 12 heteroatoms. The highest BCUT2D eigenvalue weighted by Gasteiger charge is 2.65. The number of alkyl halides is 4. The zero-order valence-electron chi connectivity index (χ0n) is 18.3. The third-order valence-corrected chi connectivity index (χ3v) is 5.99. The Kier molecular flexibility index (Phi) is 8.34. The Labute approximate surface area is 184 Å². The van der Waals surface area contributed by atoms with E-state index in [0.29, 0.717) is 12.8 Å². The summed E-state index contributed by atoms with van der Waals surface area (Å²) in [6.07, 6.45) is 0.0484. The molecule has 7 nitrogen and oxygen atoms in total. The Balaban J connectivity index is 2.83. The maximum atomic E-state index is 13.6. The summed E-state index contributed by atoms with van der Waals surface area (Å²) in [5.74, 6) is -7.03. The van der Waals surface area contributed by atoms with Crippen molar-refractivity contribution >= 4 is 22.1 Å². The number of halogens is 4. The summed E-state index contributed by atoms with van der Waals surface area (Å²) in [6, 6.07) is 0. The van der Waals surface area contributed by atoms with Gasteiger partial charge in [0.15, 0.2) is 0 Å². The molecule has 0 saturated carbocycles. The summed E-state index contributed by atoms with van der Waals surface area (Å²) < 4.78 is 93.5. The lowest BCUT2D eigenvalue weighted by atomic mass is 9.70. The Morgan fingerprint density at radius 3 is 2.28 bits per heavy atom. The predicted octanol–water partition coefficient (Wildman–Crippen LogP) is 4.44. The zero-order chi connectivity index (χ0) is 25.2. The van der Waals surface area contributed by atoms with Crippen LogP contribution in [0, 0.1) is 5.41 Å². The number of carbonyl (C=O) groups excluding carboxylic acids is 2. The highest BCUT2D eigenvalue weighted by Crippen LogP contribution is 2.44. The molecule has 2 unspecified atom stereocenters. The summed E-state index contributed by atoms with van der Waals surface area (Å²) in [7, 11) is -6.37. The topological polar surface area (TPSA) is 107 Å². The smallest absolute Gasteiger partial charge is 0.431 e. The number of hydrogen-bond donors (Lipinski definition) is 1. The van der Waals surface area contributed by atoms with Gasteiger partial charge in [0.05, 0.1) is 13.0 Å². The lowest BCUT2D eigenvalue weighted by molar-refractivity contribution is -0.172. The minimum Gasteiger partial charge on any atom is -0.465 e. The van der Waals surface area contributed by atoms with Gasteiger partial charge in [-0.1, -0.05) is 26.0 Å². The van der Waals surface area contributed by atoms with Crippen molar-refractivity contribution in [1.82, 2.24) is 0 Å². The number of esters is 2. The minimum atomic E-state index is -6.37. The summed E-state index contributed by atoms with van der Waals surface area (Å²) in [5.41, 5.74) is -0.684. The monoisotopic (exact) mass is 488 g/mol. The van der Waals surface area contributed by atoms with Crippen LogP contribution >= 0.6 is 0 Å². The van der Waals surface area contributed by atoms with Gasteiger partial charge < -0.3 is 9.47 Å². The van der Waals surface area contributed by atoms with Crippen molar-refractivity contribution in [2.75, 3.05) is 6.61 Å². The van der Waals surface area contributed by atoms with Crippen LogP contribution < -0.4 is 0 Å². The number of allylic oxidation sites excluding steroid dienone is 1. The Morgan fingerprint density at radius 2 is 1.81 bits per heavy atom. The van der Waals surface area contributed by atoms with Crippen molar-refractivity contribution in [3.8, 4) is 0 Å². The summed E-state index contributed by atoms with van der Waals surface area (Å²) in [6.45, 7) is 10.0. The number of carbonyl (C=O) groups is 2. The second-order valence-electron chi connectivity index (χ2n) is 8.66. The molecule has 1 aliphatic rings. The molecule has 1 N–H and O–H groups in total. The van der Waals surface area contributed by atoms with E-state index < -0.39 is 57.1 Å². The van der Waals surface area contributed by atoms with Crippen LogP contribution in [0.4, 0.5) is 17.6 Å². The van der Waals surface area contributed by atoms with Crippen LogP contribution in [-0.2, 0) is 29.2 Å². The highest BCUT2D eigenvalue weighted by molar-refractivity contribution is 7.87. The standard InChI is InChI=1S/C20H28F4O7S/c1-6-14-9-17(4,11-18(5,10-14)31-16(26)13(2)3)12-30-15(25)7-8-19(21,22)20(23,24)32(27,28)29/h10H,2,6-9,11-12H2,1,3-5H3,(H,27,28,29). The van der Waals surface area contributed by atoms with Crippen molar-refractivity contribution < 1.29 is 49.6 Å². The molecule has 0 saturated heterocycles. The first-order chi connectivity index (χ1) is 14.3. The van der Waals surface area contributed by atoms with Gasteiger partial charge in [-0.2, -0.15) is 26.0 Å². The molecule has 0 aromatic carbocycles. The molecule has 0 aromatic rings. The minimum absolute atomic E-state index is 0.194. The van der Waals surface area contributed by atoms with Gasteiger partial charge in [-0.15, -0.1) is 0 Å². The molecular weight excluding hydrogens is 460 g/mol. The van der Waals surface area contributed by atoms with E-state index in [1.807, 2.05) is 6.92 Å². The summed E-state index contributed by atoms with van der Waals surface area (Å²) in [4.78, 5) is 23.9. The second-order valence-corrected chi connectivity index (χ2v) is 10.1. The quantitative estimate of drug-likeness (QED) is 0.159. The van der Waals surface area contributed by atoms with Gasteiger partial charge in [0, 0.05) is 17.4 Å². The van der Waals surface area contributed by atoms with E-state index in [1.165, 1.54) is 6.92 Å². The first-order valence-electron chi connectivity index (χ1n) is 9.75. The molecule has 0 spiro atoms. The van der Waals surface area contributed by atoms with E-state index in [4.69, 9.17) is 14.0 Å². The molecule has 0 fully saturated rings. The van der Waals surface area contributed by atoms with Crippen LogP contribution in [0.15, 0.2) is 23.8 Å². The fourth-order valence-corrected chi connectivity index (χ4v) is 4.09. The molecule has 0 aromatic heterocycles. The molecule has 1 rings (SSSR count). The lowest BCUT2D eigenvalue weighted by Gasteiger charge is -2.42. The molecule has 0 heterocycles. The molecule has 2 atom stereocenters. The average molecular weight is 488 g/mol. The Bertz CT molecular complexity index is 898. The molecule has 32 heavy (non-hydrogen) atoms. The fourth-order valence-electron chi connectivity index (χ4n) is 3.61. The van der Waals surface area contributed by atoms with Gasteiger partial charge in [-0.05, 0) is 39.2 Å². The number of hydrogen-bond acceptors (Lipinski definition) is 6. The van der Waals surface area contributed by atoms with Crippen LogP contribution in [0.3, 0.4) is 0 Å². The third kappa shape index (κ3) is 6.77. The van der Waals surface area contributed by atoms with Gasteiger partial charge in [-0.3, -0.25) is 9.35 Å². The maximum absolute atomic E-state index is 13.6. The SMILES string of the molecule is C=C(C)C(=O)OC1(C)C=C(CC)CC(C)(COC(=O)CCC(F)(F)C(F)(F)S(=O)(=O)O)C1. The normalized spacial score (nSPS) is 24.5. The number of ether oxygens (including phenoxy) is 2. The van der Waals surface area contributed by atoms with Crippen LogP contribution in [0.25, 0.3) is 0 Å². The van der Waals surface area contributed by atoms with Crippen molar-refractivity contribution in [2.24, 2.45) is 5.41 Å². The molecule has 0 aliphatic heterocycles. The van der Waals surface area contributed by atoms with E-state index in [2.05, 4.69) is 6.58 Å². The lowest BCUT2D eigenvalue weighted by Crippen LogP contribution is -2.47. The van der Waals surface area contributed by atoms with Crippen molar-refractivity contribution in [3.63, 3.8) is 0 Å². The summed E-state index contributed by atoms with van der Waals surface area (Å²) >= 11 is 0. The Hall–Kier alpha value is -1.95. The predicted molar refractivity (Wildman–Crippen MR) is 107 cm³/mol. The van der Waals surface area contributed by atoms with E-state index >= 15 is 0 Å². The van der Waals surface area contributed by atoms with E-state index in [0.717, 1.165) is 5.57 Å². The summed E-state index contributed by atoms with van der Waals surface area (Å²) in [5, 5.41) is -5.74. The van der Waals surface area contributed by atoms with Crippen LogP contribution in [0.2, 0.25) is 0 Å². The van der Waals surface area contributed by atoms with Crippen LogP contribution in [0.1, 0.15) is 59.8 Å². The molecule has 184 valence electrons. The highest BCUT2D eigenvalue weighted by atomic mass is 32.2. The molecular formula is C20H28F4O7S. The van der Waals surface area contributed by atoms with Crippen LogP contribution in [-0.4, -0.2) is 48.3 Å². The first-order valence-corrected chi connectivity index (χ1v) is 11.2. The zero-order valence-corrected chi connectivity index (χ0v) is 19.2. The van der Waals surface area contributed by atoms with Gasteiger partial charge >= 0.3 is 33.2 Å².